The predicted molar refractivity (Wildman–Crippen MR) is 73.8 cm³/mol. The molecule has 0 fully saturated rings. The number of para-hydroxylation sites is 1. The van der Waals surface area contributed by atoms with Crippen molar-refractivity contribution in [1.29, 1.82) is 0 Å². The molecule has 0 saturated carbocycles. The molecule has 94 valence electrons. The summed E-state index contributed by atoms with van der Waals surface area (Å²) >= 11 is 0. The minimum atomic E-state index is 0.527. The summed E-state index contributed by atoms with van der Waals surface area (Å²) in [6.45, 7) is 0.723. The number of nitrogens with two attached hydrogens (primary N) is 1. The van der Waals surface area contributed by atoms with Gasteiger partial charge in [0.05, 0.1) is 7.11 Å². The Morgan fingerprint density at radius 2 is 1.94 bits per heavy atom. The van der Waals surface area contributed by atoms with E-state index in [1.165, 1.54) is 0 Å². The highest BCUT2D eigenvalue weighted by atomic mass is 16.5. The molecule has 0 unspecified atom stereocenters. The van der Waals surface area contributed by atoms with Crippen molar-refractivity contribution in [3.8, 4) is 5.75 Å². The molecule has 1 heterocycles. The number of nitrogens with zero attached hydrogens (tertiary/aromatic N) is 2. The minimum Gasteiger partial charge on any atom is -0.496 e. The fraction of sp³-hybridized carbons (Fsp3) is 0.214. The number of benzene rings is 1. The zero-order chi connectivity index (χ0) is 13.0. The molecule has 1 aromatic heterocycles. The summed E-state index contributed by atoms with van der Waals surface area (Å²) < 4.78 is 5.33. The molecular weight excluding hydrogens is 226 g/mol. The normalized spacial score (nSPS) is 10.1. The molecule has 0 atom stereocenters. The third kappa shape index (κ3) is 2.71. The largest absolute Gasteiger partial charge is 0.496 e. The van der Waals surface area contributed by atoms with Crippen LogP contribution in [0.25, 0.3) is 0 Å². The average Bonchev–Trinajstić information content (AvgIpc) is 2.39. The summed E-state index contributed by atoms with van der Waals surface area (Å²) in [4.78, 5) is 6.32. The number of ether oxygens (including phenoxy) is 1. The van der Waals surface area contributed by atoms with Gasteiger partial charge in [-0.3, -0.25) is 0 Å². The van der Waals surface area contributed by atoms with Gasteiger partial charge in [-0.15, -0.1) is 0 Å². The summed E-state index contributed by atoms with van der Waals surface area (Å²) in [5.74, 6) is 2.26. The Balaban J connectivity index is 2.18. The molecule has 0 aliphatic carbocycles. The van der Waals surface area contributed by atoms with E-state index in [1.54, 1.807) is 13.2 Å². The van der Waals surface area contributed by atoms with E-state index in [2.05, 4.69) is 4.98 Å². The molecule has 2 N–H and O–H groups in total. The molecule has 4 nitrogen and oxygen atoms in total. The van der Waals surface area contributed by atoms with E-state index in [4.69, 9.17) is 10.5 Å². The van der Waals surface area contributed by atoms with E-state index >= 15 is 0 Å². The van der Waals surface area contributed by atoms with Gasteiger partial charge in [0.1, 0.15) is 17.4 Å². The van der Waals surface area contributed by atoms with Crippen LogP contribution in [0.3, 0.4) is 0 Å². The first kappa shape index (κ1) is 12.2. The number of rotatable bonds is 4. The van der Waals surface area contributed by atoms with Crippen molar-refractivity contribution in [1.82, 2.24) is 4.98 Å². The fourth-order valence-electron chi connectivity index (χ4n) is 1.82. The van der Waals surface area contributed by atoms with Gasteiger partial charge in [0.25, 0.3) is 0 Å². The van der Waals surface area contributed by atoms with Crippen molar-refractivity contribution in [3.63, 3.8) is 0 Å². The highest BCUT2D eigenvalue weighted by Gasteiger charge is 2.07. The zero-order valence-electron chi connectivity index (χ0n) is 10.6. The van der Waals surface area contributed by atoms with Gasteiger partial charge in [-0.2, -0.15) is 0 Å². The number of pyridine rings is 1. The molecular formula is C14H17N3O. The van der Waals surface area contributed by atoms with E-state index in [9.17, 15) is 0 Å². The van der Waals surface area contributed by atoms with Crippen LogP contribution in [0.15, 0.2) is 42.5 Å². The summed E-state index contributed by atoms with van der Waals surface area (Å²) in [6.07, 6.45) is 0. The number of nitrogen functional groups attached to an aromatic ring is 1. The topological polar surface area (TPSA) is 51.4 Å². The molecule has 0 aliphatic heterocycles. The van der Waals surface area contributed by atoms with Crippen LogP contribution in [0.5, 0.6) is 5.75 Å². The van der Waals surface area contributed by atoms with Crippen molar-refractivity contribution in [2.24, 2.45) is 0 Å². The average molecular weight is 243 g/mol. The van der Waals surface area contributed by atoms with Crippen LogP contribution in [-0.2, 0) is 6.54 Å². The molecule has 2 aromatic rings. The number of methoxy groups -OCH3 is 1. The second kappa shape index (κ2) is 5.40. The Labute approximate surface area is 107 Å². The number of hydrogen-bond donors (Lipinski definition) is 1. The standard InChI is InChI=1S/C14H17N3O/c1-17(14-9-5-8-13(15)16-14)10-11-6-3-4-7-12(11)18-2/h3-9H,10H2,1-2H3,(H2,15,16). The molecule has 0 saturated heterocycles. The van der Waals surface area contributed by atoms with Gasteiger partial charge in [0.2, 0.25) is 0 Å². The number of hydrogen-bond acceptors (Lipinski definition) is 4. The van der Waals surface area contributed by atoms with Crippen molar-refractivity contribution in [3.05, 3.63) is 48.0 Å². The van der Waals surface area contributed by atoms with E-state index in [0.29, 0.717) is 5.82 Å². The molecule has 2 rings (SSSR count). The van der Waals surface area contributed by atoms with E-state index in [-0.39, 0.29) is 0 Å². The van der Waals surface area contributed by atoms with Crippen molar-refractivity contribution in [2.75, 3.05) is 24.8 Å². The lowest BCUT2D eigenvalue weighted by atomic mass is 10.2. The highest BCUT2D eigenvalue weighted by Crippen LogP contribution is 2.21. The third-order valence-corrected chi connectivity index (χ3v) is 2.75. The first-order valence-electron chi connectivity index (χ1n) is 5.76. The first-order chi connectivity index (χ1) is 8.70. The Morgan fingerprint density at radius 3 is 2.67 bits per heavy atom. The Hall–Kier alpha value is -2.23. The molecule has 0 amide bonds. The number of anilines is 2. The van der Waals surface area contributed by atoms with Gasteiger partial charge in [-0.1, -0.05) is 24.3 Å². The van der Waals surface area contributed by atoms with Crippen LogP contribution in [0.2, 0.25) is 0 Å². The maximum absolute atomic E-state index is 5.68. The SMILES string of the molecule is COc1ccccc1CN(C)c1cccc(N)n1. The predicted octanol–water partition coefficient (Wildman–Crippen LogP) is 2.31. The molecule has 0 radical (unpaired) electrons. The second-order valence-electron chi connectivity index (χ2n) is 4.09. The van der Waals surface area contributed by atoms with Gasteiger partial charge >= 0.3 is 0 Å². The van der Waals surface area contributed by atoms with Crippen molar-refractivity contribution in [2.45, 2.75) is 6.54 Å². The summed E-state index contributed by atoms with van der Waals surface area (Å²) in [5.41, 5.74) is 6.80. The molecule has 0 spiro atoms. The van der Waals surface area contributed by atoms with Crippen molar-refractivity contribution >= 4 is 11.6 Å². The smallest absolute Gasteiger partial charge is 0.130 e. The monoisotopic (exact) mass is 243 g/mol. The van der Waals surface area contributed by atoms with Crippen LogP contribution >= 0.6 is 0 Å². The lowest BCUT2D eigenvalue weighted by molar-refractivity contribution is 0.409. The molecule has 18 heavy (non-hydrogen) atoms. The van der Waals surface area contributed by atoms with Crippen LogP contribution in [-0.4, -0.2) is 19.1 Å². The summed E-state index contributed by atoms with van der Waals surface area (Å²) in [5, 5.41) is 0. The van der Waals surface area contributed by atoms with Gasteiger partial charge in [0, 0.05) is 19.2 Å². The second-order valence-corrected chi connectivity index (χ2v) is 4.09. The molecule has 0 aliphatic rings. The summed E-state index contributed by atoms with van der Waals surface area (Å²) in [6, 6.07) is 13.6. The molecule has 0 bridgehead atoms. The van der Waals surface area contributed by atoms with Gasteiger partial charge in [-0.25, -0.2) is 4.98 Å². The van der Waals surface area contributed by atoms with E-state index in [0.717, 1.165) is 23.7 Å². The van der Waals surface area contributed by atoms with Crippen LogP contribution in [0.4, 0.5) is 11.6 Å². The lowest BCUT2D eigenvalue weighted by Gasteiger charge is -2.19. The van der Waals surface area contributed by atoms with E-state index < -0.39 is 0 Å². The summed E-state index contributed by atoms with van der Waals surface area (Å²) in [7, 11) is 3.66. The van der Waals surface area contributed by atoms with Crippen molar-refractivity contribution < 1.29 is 4.74 Å². The molecule has 4 heteroatoms. The molecule has 1 aromatic carbocycles. The fourth-order valence-corrected chi connectivity index (χ4v) is 1.82. The Morgan fingerprint density at radius 1 is 1.17 bits per heavy atom. The van der Waals surface area contributed by atoms with Gasteiger partial charge < -0.3 is 15.4 Å². The van der Waals surface area contributed by atoms with Crippen LogP contribution < -0.4 is 15.4 Å². The quantitative estimate of drug-likeness (QED) is 0.895. The first-order valence-corrected chi connectivity index (χ1v) is 5.76. The Bertz CT molecular complexity index is 528. The van der Waals surface area contributed by atoms with Gasteiger partial charge in [0.15, 0.2) is 0 Å². The van der Waals surface area contributed by atoms with Crippen LogP contribution in [0.1, 0.15) is 5.56 Å². The van der Waals surface area contributed by atoms with E-state index in [1.807, 2.05) is 48.3 Å². The lowest BCUT2D eigenvalue weighted by Crippen LogP contribution is -2.18. The number of aromatic nitrogens is 1. The highest BCUT2D eigenvalue weighted by molar-refractivity contribution is 5.46. The Kier molecular flexibility index (Phi) is 3.67. The third-order valence-electron chi connectivity index (χ3n) is 2.75. The zero-order valence-corrected chi connectivity index (χ0v) is 10.6. The minimum absolute atomic E-state index is 0.527. The van der Waals surface area contributed by atoms with Crippen LogP contribution in [0, 0.1) is 0 Å². The maximum Gasteiger partial charge on any atom is 0.130 e. The maximum atomic E-state index is 5.68. The van der Waals surface area contributed by atoms with Gasteiger partial charge in [-0.05, 0) is 18.2 Å².